The number of halogens is 2. The second kappa shape index (κ2) is 9.75. The van der Waals surface area contributed by atoms with Crippen molar-refractivity contribution in [2.75, 3.05) is 6.54 Å². The number of aryl methyl sites for hydroxylation is 2. The van der Waals surface area contributed by atoms with Gasteiger partial charge in [-0.1, -0.05) is 31.7 Å². The minimum absolute atomic E-state index is 0.0375. The first-order valence-corrected chi connectivity index (χ1v) is 11.3. The first kappa shape index (κ1) is 24.2. The van der Waals surface area contributed by atoms with Crippen LogP contribution in [0.3, 0.4) is 0 Å². The van der Waals surface area contributed by atoms with Crippen LogP contribution in [0.2, 0.25) is 0 Å². The average Bonchev–Trinajstić information content (AvgIpc) is 3.40. The van der Waals surface area contributed by atoms with Crippen LogP contribution in [0.4, 0.5) is 8.78 Å². The molecule has 1 aliphatic heterocycles. The molecule has 0 saturated carbocycles. The molecule has 10 heteroatoms. The number of fused-ring (bicyclic) bond motifs is 1. The molecule has 3 heterocycles. The maximum absolute atomic E-state index is 13.9. The van der Waals surface area contributed by atoms with Gasteiger partial charge >= 0.3 is 0 Å². The van der Waals surface area contributed by atoms with Crippen molar-refractivity contribution in [1.82, 2.24) is 29.4 Å². The standard InChI is InChI=1S/C25H27F2N7O/c1-5-8-9-18(6-2)34-20(7-3)29-24(31-34)25(35)33-11-10-19-21(23(33)28)30-32(4)22(19)15-12-16(26)14-17(27)13-15/h5-6,8-9,12-14,23H,1,7,10-11,28H2,2-4H3/b9-8-,18-6+/t23-/m1/s1. The van der Waals surface area contributed by atoms with Crippen LogP contribution in [0, 0.1) is 11.6 Å². The van der Waals surface area contributed by atoms with E-state index in [1.165, 1.54) is 17.0 Å². The summed E-state index contributed by atoms with van der Waals surface area (Å²) < 4.78 is 30.9. The summed E-state index contributed by atoms with van der Waals surface area (Å²) in [6.45, 7) is 7.77. The van der Waals surface area contributed by atoms with Crippen molar-refractivity contribution in [3.63, 3.8) is 0 Å². The third-order valence-corrected chi connectivity index (χ3v) is 5.92. The number of benzene rings is 1. The van der Waals surface area contributed by atoms with Gasteiger partial charge in [0.2, 0.25) is 5.82 Å². The molecule has 182 valence electrons. The fourth-order valence-corrected chi connectivity index (χ4v) is 4.33. The molecular formula is C25H27F2N7O. The van der Waals surface area contributed by atoms with Crippen LogP contribution in [0.15, 0.2) is 49.1 Å². The van der Waals surface area contributed by atoms with Crippen LogP contribution in [0.1, 0.15) is 47.7 Å². The lowest BCUT2D eigenvalue weighted by atomic mass is 9.98. The summed E-state index contributed by atoms with van der Waals surface area (Å²) in [5.74, 6) is -1.10. The number of rotatable bonds is 6. The number of carbonyl (C=O) groups excluding carboxylic acids is 1. The monoisotopic (exact) mass is 479 g/mol. The SMILES string of the molecule is C=C/C=C\C(=C/C)n1nc(C(=O)N2CCc3c(nn(C)c3-c3cc(F)cc(F)c3)[C@@H]2N)nc1CC. The van der Waals surface area contributed by atoms with E-state index >= 15 is 0 Å². The van der Waals surface area contributed by atoms with Crippen LogP contribution >= 0.6 is 0 Å². The number of aromatic nitrogens is 5. The number of allylic oxidation sites excluding steroid dienone is 5. The van der Waals surface area contributed by atoms with Crippen LogP contribution in [0.5, 0.6) is 0 Å². The average molecular weight is 480 g/mol. The van der Waals surface area contributed by atoms with Crippen LogP contribution < -0.4 is 5.73 Å². The van der Waals surface area contributed by atoms with E-state index < -0.39 is 23.7 Å². The molecule has 1 amide bonds. The van der Waals surface area contributed by atoms with E-state index in [4.69, 9.17) is 5.73 Å². The molecule has 1 aliphatic rings. The van der Waals surface area contributed by atoms with Crippen molar-refractivity contribution >= 4 is 11.6 Å². The van der Waals surface area contributed by atoms with Crippen LogP contribution in [-0.2, 0) is 19.9 Å². The lowest BCUT2D eigenvalue weighted by Crippen LogP contribution is -2.44. The highest BCUT2D eigenvalue weighted by atomic mass is 19.1. The van der Waals surface area contributed by atoms with Crippen molar-refractivity contribution in [3.05, 3.63) is 83.6 Å². The first-order valence-electron chi connectivity index (χ1n) is 11.3. The first-order chi connectivity index (χ1) is 16.8. The van der Waals surface area contributed by atoms with Gasteiger partial charge in [-0.15, -0.1) is 5.10 Å². The Balaban J connectivity index is 1.67. The second-order valence-electron chi connectivity index (χ2n) is 8.11. The highest BCUT2D eigenvalue weighted by molar-refractivity contribution is 5.91. The van der Waals surface area contributed by atoms with Gasteiger partial charge in [-0.05, 0) is 31.6 Å². The number of amides is 1. The molecule has 8 nitrogen and oxygen atoms in total. The molecule has 0 unspecified atom stereocenters. The Labute approximate surface area is 202 Å². The molecule has 2 N–H and O–H groups in total. The Morgan fingerprint density at radius 2 is 1.97 bits per heavy atom. The molecule has 0 radical (unpaired) electrons. The van der Waals surface area contributed by atoms with Gasteiger partial charge in [-0.25, -0.2) is 18.4 Å². The minimum atomic E-state index is -0.858. The second-order valence-corrected chi connectivity index (χ2v) is 8.11. The topological polar surface area (TPSA) is 94.9 Å². The number of nitrogens with zero attached hydrogens (tertiary/aromatic N) is 6. The normalized spacial score (nSPS) is 16.1. The summed E-state index contributed by atoms with van der Waals surface area (Å²) in [6.07, 6.45) is 7.27. The minimum Gasteiger partial charge on any atom is -0.314 e. The van der Waals surface area contributed by atoms with E-state index in [-0.39, 0.29) is 12.4 Å². The van der Waals surface area contributed by atoms with Crippen LogP contribution in [0.25, 0.3) is 17.0 Å². The molecule has 2 aromatic heterocycles. The van der Waals surface area contributed by atoms with E-state index in [9.17, 15) is 13.6 Å². The maximum Gasteiger partial charge on any atom is 0.295 e. The zero-order valence-corrected chi connectivity index (χ0v) is 19.9. The smallest absolute Gasteiger partial charge is 0.295 e. The Morgan fingerprint density at radius 3 is 2.60 bits per heavy atom. The van der Waals surface area contributed by atoms with E-state index in [1.54, 1.807) is 28.6 Å². The molecular weight excluding hydrogens is 452 g/mol. The third-order valence-electron chi connectivity index (χ3n) is 5.92. The lowest BCUT2D eigenvalue weighted by Gasteiger charge is -2.31. The van der Waals surface area contributed by atoms with Gasteiger partial charge in [-0.2, -0.15) is 5.10 Å². The zero-order chi connectivity index (χ0) is 25.3. The Hall–Kier alpha value is -3.92. The van der Waals surface area contributed by atoms with Gasteiger partial charge in [0, 0.05) is 37.2 Å². The Kier molecular flexibility index (Phi) is 6.74. The van der Waals surface area contributed by atoms with Crippen molar-refractivity contribution in [2.24, 2.45) is 12.8 Å². The summed E-state index contributed by atoms with van der Waals surface area (Å²) in [7, 11) is 1.68. The molecule has 0 spiro atoms. The summed E-state index contributed by atoms with van der Waals surface area (Å²) in [4.78, 5) is 19.3. The van der Waals surface area contributed by atoms with E-state index in [0.717, 1.165) is 17.3 Å². The summed E-state index contributed by atoms with van der Waals surface area (Å²) >= 11 is 0. The predicted octanol–water partition coefficient (Wildman–Crippen LogP) is 3.78. The van der Waals surface area contributed by atoms with Crippen molar-refractivity contribution in [2.45, 2.75) is 32.9 Å². The van der Waals surface area contributed by atoms with Gasteiger partial charge in [0.15, 0.2) is 0 Å². The van der Waals surface area contributed by atoms with Crippen molar-refractivity contribution in [3.8, 4) is 11.3 Å². The highest BCUT2D eigenvalue weighted by Crippen LogP contribution is 2.34. The number of nitrogens with two attached hydrogens (primary N) is 1. The van der Waals surface area contributed by atoms with Gasteiger partial charge in [-0.3, -0.25) is 9.48 Å². The maximum atomic E-state index is 13.9. The van der Waals surface area contributed by atoms with Gasteiger partial charge in [0.05, 0.1) is 11.4 Å². The molecule has 35 heavy (non-hydrogen) atoms. The summed E-state index contributed by atoms with van der Waals surface area (Å²) in [5, 5.41) is 8.94. The van der Waals surface area contributed by atoms with Crippen molar-refractivity contribution < 1.29 is 13.6 Å². The molecule has 1 aromatic carbocycles. The van der Waals surface area contributed by atoms with Gasteiger partial charge in [0.1, 0.15) is 29.3 Å². The predicted molar refractivity (Wildman–Crippen MR) is 129 cm³/mol. The Morgan fingerprint density at radius 1 is 1.26 bits per heavy atom. The lowest BCUT2D eigenvalue weighted by molar-refractivity contribution is 0.0649. The fourth-order valence-electron chi connectivity index (χ4n) is 4.33. The number of hydrogen-bond donors (Lipinski definition) is 1. The fraction of sp³-hybridized carbons (Fsp3) is 0.280. The van der Waals surface area contributed by atoms with Gasteiger partial charge < -0.3 is 10.6 Å². The molecule has 0 bridgehead atoms. The quantitative estimate of drug-likeness (QED) is 0.543. The van der Waals surface area contributed by atoms with E-state index in [0.29, 0.717) is 35.6 Å². The van der Waals surface area contributed by atoms with E-state index in [1.807, 2.05) is 26.0 Å². The van der Waals surface area contributed by atoms with Crippen molar-refractivity contribution in [1.29, 1.82) is 0 Å². The largest absolute Gasteiger partial charge is 0.314 e. The molecule has 0 aliphatic carbocycles. The van der Waals surface area contributed by atoms with Crippen LogP contribution in [-0.4, -0.2) is 41.9 Å². The highest BCUT2D eigenvalue weighted by Gasteiger charge is 2.35. The molecule has 0 fully saturated rings. The summed E-state index contributed by atoms with van der Waals surface area (Å²) in [5.41, 5.74) is 9.39. The zero-order valence-electron chi connectivity index (χ0n) is 19.9. The van der Waals surface area contributed by atoms with E-state index in [2.05, 4.69) is 21.8 Å². The Bertz CT molecular complexity index is 1330. The number of hydrogen-bond acceptors (Lipinski definition) is 5. The molecule has 0 saturated heterocycles. The molecule has 1 atom stereocenters. The summed E-state index contributed by atoms with van der Waals surface area (Å²) in [6, 6.07) is 3.33. The molecule has 3 aromatic rings. The number of carbonyl (C=O) groups is 1. The molecule has 4 rings (SSSR count). The van der Waals surface area contributed by atoms with Gasteiger partial charge in [0.25, 0.3) is 5.91 Å². The third kappa shape index (κ3) is 4.44.